The molecule has 0 spiro atoms. The van der Waals surface area contributed by atoms with Crippen LogP contribution in [-0.2, 0) is 6.42 Å². The average molecular weight is 294 g/mol. The van der Waals surface area contributed by atoms with E-state index in [4.69, 9.17) is 11.0 Å². The van der Waals surface area contributed by atoms with E-state index in [1.165, 1.54) is 0 Å². The molecule has 1 heterocycles. The summed E-state index contributed by atoms with van der Waals surface area (Å²) < 4.78 is 1.10. The number of nitriles is 1. The summed E-state index contributed by atoms with van der Waals surface area (Å²) in [5.41, 5.74) is 10.5. The van der Waals surface area contributed by atoms with Gasteiger partial charge in [-0.05, 0) is 36.8 Å². The van der Waals surface area contributed by atoms with Crippen LogP contribution >= 0.6 is 11.3 Å². The standard InChI is InChI=1S/C16H14N4S/c1-10-19-15-9-14(13(18)8-16(15)21-10)20-12-4-2-11(3-5-12)6-7-17/h2-5,8-9,20H,6,18H2,1H3. The maximum atomic E-state index is 8.68. The number of nitrogens with two attached hydrogens (primary N) is 1. The molecule has 0 aliphatic rings. The van der Waals surface area contributed by atoms with Crippen molar-refractivity contribution in [2.24, 2.45) is 0 Å². The highest BCUT2D eigenvalue weighted by Crippen LogP contribution is 2.31. The second kappa shape index (κ2) is 5.43. The Morgan fingerprint density at radius 1 is 1.29 bits per heavy atom. The summed E-state index contributed by atoms with van der Waals surface area (Å²) in [5, 5.41) is 13.0. The van der Waals surface area contributed by atoms with Crippen molar-refractivity contribution in [3.8, 4) is 6.07 Å². The van der Waals surface area contributed by atoms with Crippen molar-refractivity contribution in [1.29, 1.82) is 5.26 Å². The molecule has 4 nitrogen and oxygen atoms in total. The molecule has 0 bridgehead atoms. The third kappa shape index (κ3) is 2.81. The fourth-order valence-corrected chi connectivity index (χ4v) is 3.02. The summed E-state index contributed by atoms with van der Waals surface area (Å²) in [7, 11) is 0. The van der Waals surface area contributed by atoms with Crippen LogP contribution in [0.5, 0.6) is 0 Å². The van der Waals surface area contributed by atoms with Gasteiger partial charge in [0, 0.05) is 5.69 Å². The van der Waals surface area contributed by atoms with Crippen molar-refractivity contribution in [2.75, 3.05) is 11.1 Å². The highest BCUT2D eigenvalue weighted by molar-refractivity contribution is 7.18. The van der Waals surface area contributed by atoms with E-state index in [1.54, 1.807) is 11.3 Å². The Kier molecular flexibility index (Phi) is 3.46. The first-order valence-electron chi connectivity index (χ1n) is 6.55. The Morgan fingerprint density at radius 2 is 2.05 bits per heavy atom. The summed E-state index contributed by atoms with van der Waals surface area (Å²) in [6.45, 7) is 1.99. The van der Waals surface area contributed by atoms with Crippen molar-refractivity contribution in [3.63, 3.8) is 0 Å². The number of hydrogen-bond acceptors (Lipinski definition) is 5. The number of thiazole rings is 1. The van der Waals surface area contributed by atoms with Crippen LogP contribution in [0.1, 0.15) is 10.6 Å². The molecule has 0 aliphatic heterocycles. The fraction of sp³-hybridized carbons (Fsp3) is 0.125. The number of aromatic nitrogens is 1. The summed E-state index contributed by atoms with van der Waals surface area (Å²) in [6.07, 6.45) is 0.423. The third-order valence-corrected chi connectivity index (χ3v) is 4.12. The molecule has 0 atom stereocenters. The number of aryl methyl sites for hydroxylation is 1. The molecule has 0 radical (unpaired) electrons. The average Bonchev–Trinajstić information content (AvgIpc) is 2.81. The summed E-state index contributed by atoms with van der Waals surface area (Å²) in [4.78, 5) is 4.48. The predicted octanol–water partition coefficient (Wildman–Crippen LogP) is 4.00. The highest BCUT2D eigenvalue weighted by Gasteiger charge is 2.06. The number of nitrogens with zero attached hydrogens (tertiary/aromatic N) is 2. The minimum Gasteiger partial charge on any atom is -0.397 e. The second-order valence-electron chi connectivity index (χ2n) is 4.80. The normalized spacial score (nSPS) is 10.5. The molecule has 0 aliphatic carbocycles. The lowest BCUT2D eigenvalue weighted by Gasteiger charge is -2.09. The molecule has 104 valence electrons. The fourth-order valence-electron chi connectivity index (χ4n) is 2.17. The van der Waals surface area contributed by atoms with Crippen LogP contribution in [0.2, 0.25) is 0 Å². The van der Waals surface area contributed by atoms with Gasteiger partial charge in [0.1, 0.15) is 0 Å². The van der Waals surface area contributed by atoms with E-state index in [2.05, 4.69) is 16.4 Å². The minimum absolute atomic E-state index is 0.423. The van der Waals surface area contributed by atoms with E-state index in [0.717, 1.165) is 32.2 Å². The molecule has 3 aromatic rings. The molecule has 21 heavy (non-hydrogen) atoms. The maximum Gasteiger partial charge on any atom is 0.0907 e. The monoisotopic (exact) mass is 294 g/mol. The SMILES string of the molecule is Cc1nc2cc(Nc3ccc(CC#N)cc3)c(N)cc2s1. The van der Waals surface area contributed by atoms with Crippen LogP contribution in [-0.4, -0.2) is 4.98 Å². The Labute approximate surface area is 126 Å². The first-order chi connectivity index (χ1) is 10.2. The zero-order chi connectivity index (χ0) is 14.8. The second-order valence-corrected chi connectivity index (χ2v) is 6.03. The van der Waals surface area contributed by atoms with Crippen molar-refractivity contribution >= 4 is 38.6 Å². The number of anilines is 3. The van der Waals surface area contributed by atoms with E-state index < -0.39 is 0 Å². The van der Waals surface area contributed by atoms with Crippen molar-refractivity contribution < 1.29 is 0 Å². The van der Waals surface area contributed by atoms with Gasteiger partial charge >= 0.3 is 0 Å². The van der Waals surface area contributed by atoms with Gasteiger partial charge in [-0.1, -0.05) is 12.1 Å². The van der Waals surface area contributed by atoms with Gasteiger partial charge in [-0.3, -0.25) is 0 Å². The zero-order valence-electron chi connectivity index (χ0n) is 11.6. The lowest BCUT2D eigenvalue weighted by Crippen LogP contribution is -1.96. The molecule has 0 saturated carbocycles. The molecule has 3 rings (SSSR count). The first-order valence-corrected chi connectivity index (χ1v) is 7.37. The number of benzene rings is 2. The molecular formula is C16H14N4S. The predicted molar refractivity (Wildman–Crippen MR) is 87.8 cm³/mol. The van der Waals surface area contributed by atoms with E-state index in [-0.39, 0.29) is 0 Å². The van der Waals surface area contributed by atoms with Crippen LogP contribution in [0.15, 0.2) is 36.4 Å². The van der Waals surface area contributed by atoms with Gasteiger partial charge in [-0.2, -0.15) is 5.26 Å². The molecule has 0 unspecified atom stereocenters. The van der Waals surface area contributed by atoms with Crippen LogP contribution < -0.4 is 11.1 Å². The number of rotatable bonds is 3. The van der Waals surface area contributed by atoms with E-state index in [9.17, 15) is 0 Å². The van der Waals surface area contributed by atoms with Gasteiger partial charge in [0.05, 0.1) is 39.1 Å². The largest absolute Gasteiger partial charge is 0.397 e. The minimum atomic E-state index is 0.423. The molecule has 0 amide bonds. The first kappa shape index (κ1) is 13.4. The molecule has 5 heteroatoms. The Hall–Kier alpha value is -2.58. The number of nitrogen functional groups attached to an aromatic ring is 1. The molecule has 2 aromatic carbocycles. The molecule has 0 fully saturated rings. The highest BCUT2D eigenvalue weighted by atomic mass is 32.1. The Morgan fingerprint density at radius 3 is 2.76 bits per heavy atom. The lowest BCUT2D eigenvalue weighted by molar-refractivity contribution is 1.26. The van der Waals surface area contributed by atoms with Crippen LogP contribution in [0.3, 0.4) is 0 Å². The van der Waals surface area contributed by atoms with Gasteiger partial charge in [-0.15, -0.1) is 11.3 Å². The van der Waals surface area contributed by atoms with Gasteiger partial charge in [0.2, 0.25) is 0 Å². The van der Waals surface area contributed by atoms with Gasteiger partial charge < -0.3 is 11.1 Å². The van der Waals surface area contributed by atoms with Crippen molar-refractivity contribution in [1.82, 2.24) is 4.98 Å². The van der Waals surface area contributed by atoms with E-state index in [0.29, 0.717) is 12.1 Å². The van der Waals surface area contributed by atoms with Crippen LogP contribution in [0.25, 0.3) is 10.2 Å². The zero-order valence-corrected chi connectivity index (χ0v) is 12.4. The smallest absolute Gasteiger partial charge is 0.0907 e. The van der Waals surface area contributed by atoms with Gasteiger partial charge in [-0.25, -0.2) is 4.98 Å². The Balaban J connectivity index is 1.90. The molecule has 1 aromatic heterocycles. The van der Waals surface area contributed by atoms with E-state index >= 15 is 0 Å². The van der Waals surface area contributed by atoms with E-state index in [1.807, 2.05) is 43.3 Å². The third-order valence-electron chi connectivity index (χ3n) is 3.18. The van der Waals surface area contributed by atoms with Crippen LogP contribution in [0.4, 0.5) is 17.1 Å². The summed E-state index contributed by atoms with van der Waals surface area (Å²) >= 11 is 1.64. The molecular weight excluding hydrogens is 280 g/mol. The van der Waals surface area contributed by atoms with Crippen molar-refractivity contribution in [2.45, 2.75) is 13.3 Å². The van der Waals surface area contributed by atoms with Gasteiger partial charge in [0.25, 0.3) is 0 Å². The number of hydrogen-bond donors (Lipinski definition) is 2. The number of nitrogens with one attached hydrogen (secondary N) is 1. The van der Waals surface area contributed by atoms with Crippen molar-refractivity contribution in [3.05, 3.63) is 47.0 Å². The van der Waals surface area contributed by atoms with Gasteiger partial charge in [0.15, 0.2) is 0 Å². The molecule has 3 N–H and O–H groups in total. The quantitative estimate of drug-likeness (QED) is 0.716. The topological polar surface area (TPSA) is 74.7 Å². The summed E-state index contributed by atoms with van der Waals surface area (Å²) in [5.74, 6) is 0. The number of fused-ring (bicyclic) bond motifs is 1. The summed E-state index contributed by atoms with van der Waals surface area (Å²) in [6, 6.07) is 13.8. The Bertz CT molecular complexity index is 828. The maximum absolute atomic E-state index is 8.68. The molecule has 0 saturated heterocycles. The lowest BCUT2D eigenvalue weighted by atomic mass is 10.1. The van der Waals surface area contributed by atoms with Crippen LogP contribution in [0, 0.1) is 18.3 Å².